The van der Waals surface area contributed by atoms with Crippen LogP contribution in [0.1, 0.15) is 16.8 Å². The number of aromatic amines is 1. The summed E-state index contributed by atoms with van der Waals surface area (Å²) in [6.07, 6.45) is 3.52. The minimum absolute atomic E-state index is 0.758. The van der Waals surface area contributed by atoms with Crippen molar-refractivity contribution < 1.29 is 0 Å². The number of hydrogen-bond donors (Lipinski definition) is 1. The largest absolute Gasteiger partial charge is 0.335 e. The zero-order chi connectivity index (χ0) is 15.8. The maximum Gasteiger partial charge on any atom is 0.159 e. The number of nitrogens with one attached hydrogen (secondary N) is 1. The van der Waals surface area contributed by atoms with Gasteiger partial charge in [-0.05, 0) is 31.5 Å². The van der Waals surface area contributed by atoms with Crippen molar-refractivity contribution in [2.75, 3.05) is 0 Å². The van der Waals surface area contributed by atoms with Crippen molar-refractivity contribution in [3.05, 3.63) is 65.6 Å². The van der Waals surface area contributed by atoms with Crippen molar-refractivity contribution in [1.29, 1.82) is 0 Å². The summed E-state index contributed by atoms with van der Waals surface area (Å²) in [7, 11) is 0. The van der Waals surface area contributed by atoms with Crippen molar-refractivity contribution in [1.82, 2.24) is 24.7 Å². The van der Waals surface area contributed by atoms with Crippen LogP contribution in [-0.2, 0) is 6.54 Å². The van der Waals surface area contributed by atoms with Gasteiger partial charge in [0.05, 0.1) is 23.8 Å². The molecule has 0 spiro atoms. The molecular weight excluding hydrogens is 286 g/mol. The highest BCUT2D eigenvalue weighted by atomic mass is 15.3. The zero-order valence-electron chi connectivity index (χ0n) is 13.1. The summed E-state index contributed by atoms with van der Waals surface area (Å²) in [4.78, 5) is 12.0. The Morgan fingerprint density at radius 2 is 1.91 bits per heavy atom. The van der Waals surface area contributed by atoms with E-state index < -0.39 is 0 Å². The van der Waals surface area contributed by atoms with Crippen molar-refractivity contribution in [3.8, 4) is 11.5 Å². The number of aromatic nitrogens is 5. The molecule has 1 aromatic carbocycles. The Morgan fingerprint density at radius 3 is 2.70 bits per heavy atom. The van der Waals surface area contributed by atoms with Crippen LogP contribution in [0.4, 0.5) is 0 Å². The van der Waals surface area contributed by atoms with Crippen LogP contribution >= 0.6 is 0 Å². The van der Waals surface area contributed by atoms with Crippen LogP contribution in [0.25, 0.3) is 22.6 Å². The zero-order valence-corrected chi connectivity index (χ0v) is 13.1. The summed E-state index contributed by atoms with van der Waals surface area (Å²) in [6, 6.07) is 12.5. The summed E-state index contributed by atoms with van der Waals surface area (Å²) < 4.78 is 2.01. The molecule has 1 N–H and O–H groups in total. The molecule has 4 rings (SSSR count). The number of fused-ring (bicyclic) bond motifs is 1. The quantitative estimate of drug-likeness (QED) is 0.630. The monoisotopic (exact) mass is 303 g/mol. The maximum atomic E-state index is 4.70. The standard InChI is InChI=1S/C18H17N5/c1-12-3-5-14(6-4-12)11-23-13(2)9-16(22-23)18-20-15-7-8-19-10-17(15)21-18/h3-10H,11H2,1-2H3,(H,20,21). The normalized spacial score (nSPS) is 11.2. The lowest BCUT2D eigenvalue weighted by atomic mass is 10.1. The predicted octanol–water partition coefficient (Wildman–Crippen LogP) is 3.49. The molecule has 114 valence electrons. The third-order valence-electron chi connectivity index (χ3n) is 3.96. The number of pyridine rings is 1. The summed E-state index contributed by atoms with van der Waals surface area (Å²) in [5.41, 5.74) is 6.30. The van der Waals surface area contributed by atoms with Gasteiger partial charge >= 0.3 is 0 Å². The molecule has 0 atom stereocenters. The smallest absolute Gasteiger partial charge is 0.159 e. The van der Waals surface area contributed by atoms with E-state index >= 15 is 0 Å². The predicted molar refractivity (Wildman–Crippen MR) is 90.1 cm³/mol. The van der Waals surface area contributed by atoms with Crippen molar-refractivity contribution in [2.24, 2.45) is 0 Å². The van der Waals surface area contributed by atoms with E-state index in [0.717, 1.165) is 34.8 Å². The Balaban J connectivity index is 1.67. The molecule has 3 aromatic heterocycles. The Labute approximate surface area is 134 Å². The van der Waals surface area contributed by atoms with Gasteiger partial charge in [-0.2, -0.15) is 5.10 Å². The summed E-state index contributed by atoms with van der Waals surface area (Å²) >= 11 is 0. The van der Waals surface area contributed by atoms with Gasteiger partial charge in [0.25, 0.3) is 0 Å². The van der Waals surface area contributed by atoms with E-state index in [4.69, 9.17) is 5.10 Å². The molecule has 0 radical (unpaired) electrons. The van der Waals surface area contributed by atoms with Gasteiger partial charge in [0, 0.05) is 11.9 Å². The topological polar surface area (TPSA) is 59.4 Å². The van der Waals surface area contributed by atoms with Crippen molar-refractivity contribution in [2.45, 2.75) is 20.4 Å². The summed E-state index contributed by atoms with van der Waals surface area (Å²) in [6.45, 7) is 4.92. The number of nitrogens with zero attached hydrogens (tertiary/aromatic N) is 4. The molecule has 3 heterocycles. The lowest BCUT2D eigenvalue weighted by Gasteiger charge is -2.04. The Hall–Kier alpha value is -2.95. The summed E-state index contributed by atoms with van der Waals surface area (Å²) in [5.74, 6) is 0.777. The molecule has 0 fully saturated rings. The first-order valence-electron chi connectivity index (χ1n) is 7.59. The van der Waals surface area contributed by atoms with Crippen molar-refractivity contribution >= 4 is 11.0 Å². The molecule has 0 saturated heterocycles. The Morgan fingerprint density at radius 1 is 1.09 bits per heavy atom. The van der Waals surface area contributed by atoms with Crippen LogP contribution in [0.2, 0.25) is 0 Å². The van der Waals surface area contributed by atoms with E-state index in [2.05, 4.69) is 59.1 Å². The van der Waals surface area contributed by atoms with Gasteiger partial charge in [-0.25, -0.2) is 4.98 Å². The van der Waals surface area contributed by atoms with E-state index in [0.29, 0.717) is 0 Å². The molecule has 0 aliphatic heterocycles. The third kappa shape index (κ3) is 2.61. The van der Waals surface area contributed by atoms with Crippen LogP contribution in [0.5, 0.6) is 0 Å². The van der Waals surface area contributed by atoms with Crippen LogP contribution in [0, 0.1) is 13.8 Å². The number of rotatable bonds is 3. The van der Waals surface area contributed by atoms with Gasteiger partial charge in [-0.15, -0.1) is 0 Å². The molecule has 5 heteroatoms. The highest BCUT2D eigenvalue weighted by Crippen LogP contribution is 2.20. The van der Waals surface area contributed by atoms with Crippen LogP contribution in [-0.4, -0.2) is 24.7 Å². The molecule has 0 saturated carbocycles. The fraction of sp³-hybridized carbons (Fsp3) is 0.167. The van der Waals surface area contributed by atoms with Crippen LogP contribution < -0.4 is 0 Å². The van der Waals surface area contributed by atoms with Gasteiger partial charge in [-0.1, -0.05) is 29.8 Å². The minimum atomic E-state index is 0.758. The lowest BCUT2D eigenvalue weighted by Crippen LogP contribution is -2.03. The maximum absolute atomic E-state index is 4.70. The Bertz CT molecular complexity index is 930. The average Bonchev–Trinajstić information content (AvgIpc) is 3.13. The molecule has 0 aliphatic rings. The van der Waals surface area contributed by atoms with Gasteiger partial charge in [-0.3, -0.25) is 9.67 Å². The molecule has 5 nitrogen and oxygen atoms in total. The van der Waals surface area contributed by atoms with Crippen LogP contribution in [0.15, 0.2) is 48.8 Å². The van der Waals surface area contributed by atoms with E-state index in [-0.39, 0.29) is 0 Å². The molecular formula is C18H17N5. The number of aryl methyl sites for hydroxylation is 2. The first-order chi connectivity index (χ1) is 11.2. The SMILES string of the molecule is Cc1ccc(Cn2nc(-c3nc4ccncc4[nH]3)cc2C)cc1. The minimum Gasteiger partial charge on any atom is -0.335 e. The second kappa shape index (κ2) is 5.35. The fourth-order valence-electron chi connectivity index (χ4n) is 2.63. The summed E-state index contributed by atoms with van der Waals surface area (Å²) in [5, 5.41) is 4.70. The fourth-order valence-corrected chi connectivity index (χ4v) is 2.63. The number of imidazole rings is 1. The third-order valence-corrected chi connectivity index (χ3v) is 3.96. The molecule has 0 bridgehead atoms. The van der Waals surface area contributed by atoms with Gasteiger partial charge < -0.3 is 4.98 Å². The molecule has 0 amide bonds. The molecule has 0 aliphatic carbocycles. The Kier molecular flexibility index (Phi) is 3.19. The molecule has 4 aromatic rings. The number of benzene rings is 1. The molecule has 0 unspecified atom stereocenters. The highest BCUT2D eigenvalue weighted by Gasteiger charge is 2.11. The van der Waals surface area contributed by atoms with Gasteiger partial charge in [0.15, 0.2) is 5.82 Å². The number of hydrogen-bond acceptors (Lipinski definition) is 3. The first kappa shape index (κ1) is 13.7. The van der Waals surface area contributed by atoms with E-state index in [1.54, 1.807) is 12.4 Å². The second-order valence-corrected chi connectivity index (χ2v) is 5.79. The molecule has 23 heavy (non-hydrogen) atoms. The van der Waals surface area contributed by atoms with Gasteiger partial charge in [0.2, 0.25) is 0 Å². The van der Waals surface area contributed by atoms with E-state index in [1.807, 2.05) is 10.7 Å². The first-order valence-corrected chi connectivity index (χ1v) is 7.59. The van der Waals surface area contributed by atoms with Crippen molar-refractivity contribution in [3.63, 3.8) is 0 Å². The second-order valence-electron chi connectivity index (χ2n) is 5.79. The van der Waals surface area contributed by atoms with Crippen LogP contribution in [0.3, 0.4) is 0 Å². The highest BCUT2D eigenvalue weighted by molar-refractivity contribution is 5.77. The average molecular weight is 303 g/mol. The number of H-pyrrole nitrogens is 1. The van der Waals surface area contributed by atoms with Gasteiger partial charge in [0.1, 0.15) is 5.69 Å². The van der Waals surface area contributed by atoms with E-state index in [9.17, 15) is 0 Å². The lowest BCUT2D eigenvalue weighted by molar-refractivity contribution is 0.666. The van der Waals surface area contributed by atoms with E-state index in [1.165, 1.54) is 11.1 Å².